The van der Waals surface area contributed by atoms with Crippen LogP contribution in [-0.2, 0) is 28.7 Å². The Balaban J connectivity index is 2.26. The van der Waals surface area contributed by atoms with Crippen molar-refractivity contribution in [3.8, 4) is 0 Å². The van der Waals surface area contributed by atoms with Crippen LogP contribution in [0, 0.1) is 22.7 Å². The first kappa shape index (κ1) is 24.2. The molecule has 3 aliphatic rings. The lowest BCUT2D eigenvalue weighted by molar-refractivity contribution is -0.166. The fourth-order valence-electron chi connectivity index (χ4n) is 6.21. The third-order valence-electron chi connectivity index (χ3n) is 7.33. The van der Waals surface area contributed by atoms with E-state index < -0.39 is 64.1 Å². The number of aliphatic hydroxyl groups excluding tert-OH is 2. The van der Waals surface area contributed by atoms with Crippen LogP contribution >= 0.6 is 0 Å². The zero-order valence-electron chi connectivity index (χ0n) is 19.5. The Bertz CT molecular complexity index is 940. The summed E-state index contributed by atoms with van der Waals surface area (Å²) in [5, 5.41) is 22.6. The highest BCUT2D eigenvalue weighted by Crippen LogP contribution is 2.61. The average molecular weight is 449 g/mol. The van der Waals surface area contributed by atoms with Gasteiger partial charge in [-0.1, -0.05) is 34.1 Å². The van der Waals surface area contributed by atoms with Gasteiger partial charge in [-0.3, -0.25) is 19.2 Å². The first-order valence-corrected chi connectivity index (χ1v) is 11.0. The summed E-state index contributed by atoms with van der Waals surface area (Å²) in [7, 11) is 0. The molecule has 3 aliphatic carbocycles. The highest BCUT2D eigenvalue weighted by atomic mass is 16.6. The van der Waals surface area contributed by atoms with E-state index in [2.05, 4.69) is 0 Å². The van der Waals surface area contributed by atoms with E-state index in [9.17, 15) is 29.4 Å². The van der Waals surface area contributed by atoms with Gasteiger partial charge in [0.25, 0.3) is 0 Å². The summed E-state index contributed by atoms with van der Waals surface area (Å²) in [5.41, 5.74) is -1.35. The molecule has 0 amide bonds. The standard InChI is InChI=1S/C24H32O8/c1-11(10-31-12(2)25)14-17(27)15-16(19(29)18(14)28)24(6)9-7-8-23(4,5)22(24)20(30)21(15)32-13(3)26/h11,20-22,27,30H,7-10H2,1-6H3/t11-,20+,21-,22-,24+/m0/s1. The molecule has 176 valence electrons. The fourth-order valence-corrected chi connectivity index (χ4v) is 6.21. The van der Waals surface area contributed by atoms with Crippen molar-refractivity contribution in [2.45, 2.75) is 73.0 Å². The van der Waals surface area contributed by atoms with Crippen LogP contribution in [0.25, 0.3) is 0 Å². The zero-order chi connectivity index (χ0) is 24.2. The second kappa shape index (κ2) is 8.14. The predicted molar refractivity (Wildman–Crippen MR) is 113 cm³/mol. The van der Waals surface area contributed by atoms with E-state index in [-0.39, 0.29) is 23.3 Å². The molecule has 3 rings (SSSR count). The molecule has 0 aromatic heterocycles. The predicted octanol–water partition coefficient (Wildman–Crippen LogP) is 2.58. The van der Waals surface area contributed by atoms with Crippen LogP contribution in [0.3, 0.4) is 0 Å². The van der Waals surface area contributed by atoms with Gasteiger partial charge in [0.15, 0.2) is 6.10 Å². The van der Waals surface area contributed by atoms with Crippen LogP contribution in [0.5, 0.6) is 0 Å². The lowest BCUT2D eigenvalue weighted by Gasteiger charge is -2.58. The van der Waals surface area contributed by atoms with Gasteiger partial charge in [0.2, 0.25) is 11.6 Å². The summed E-state index contributed by atoms with van der Waals surface area (Å²) < 4.78 is 10.4. The maximum Gasteiger partial charge on any atom is 0.303 e. The minimum atomic E-state index is -1.29. The third kappa shape index (κ3) is 3.68. The lowest BCUT2D eigenvalue weighted by atomic mass is 9.47. The molecule has 32 heavy (non-hydrogen) atoms. The summed E-state index contributed by atoms with van der Waals surface area (Å²) in [6, 6.07) is 0. The fraction of sp³-hybridized carbons (Fsp3) is 0.667. The van der Waals surface area contributed by atoms with Gasteiger partial charge in [-0.15, -0.1) is 0 Å². The van der Waals surface area contributed by atoms with Gasteiger partial charge in [0.1, 0.15) is 5.76 Å². The number of ketones is 2. The number of hydrogen-bond acceptors (Lipinski definition) is 8. The summed E-state index contributed by atoms with van der Waals surface area (Å²) in [4.78, 5) is 49.8. The first-order chi connectivity index (χ1) is 14.7. The first-order valence-electron chi connectivity index (χ1n) is 11.0. The maximum atomic E-state index is 13.5. The van der Waals surface area contributed by atoms with Crippen molar-refractivity contribution in [2.75, 3.05) is 6.61 Å². The quantitative estimate of drug-likeness (QED) is 0.382. The van der Waals surface area contributed by atoms with Crippen molar-refractivity contribution in [3.05, 3.63) is 22.5 Å². The van der Waals surface area contributed by atoms with Crippen molar-refractivity contribution in [1.29, 1.82) is 0 Å². The van der Waals surface area contributed by atoms with Gasteiger partial charge in [0, 0.05) is 42.2 Å². The molecule has 0 aromatic carbocycles. The number of aliphatic hydroxyl groups is 2. The van der Waals surface area contributed by atoms with E-state index in [4.69, 9.17) is 9.47 Å². The van der Waals surface area contributed by atoms with E-state index >= 15 is 0 Å². The molecule has 2 N–H and O–H groups in total. The smallest absolute Gasteiger partial charge is 0.303 e. The Kier molecular flexibility index (Phi) is 6.15. The van der Waals surface area contributed by atoms with E-state index in [1.54, 1.807) is 6.92 Å². The van der Waals surface area contributed by atoms with E-state index in [1.165, 1.54) is 13.8 Å². The third-order valence-corrected chi connectivity index (χ3v) is 7.33. The molecule has 0 saturated heterocycles. The summed E-state index contributed by atoms with van der Waals surface area (Å²) in [5.74, 6) is -4.57. The molecular weight excluding hydrogens is 416 g/mol. The minimum Gasteiger partial charge on any atom is -0.507 e. The number of Topliss-reactive ketones (excluding diaryl/α,β-unsaturated/α-hetero) is 2. The Morgan fingerprint density at radius 1 is 1.09 bits per heavy atom. The van der Waals surface area contributed by atoms with Gasteiger partial charge >= 0.3 is 11.9 Å². The number of esters is 2. The number of allylic oxidation sites excluding steroid dienone is 1. The summed E-state index contributed by atoms with van der Waals surface area (Å²) in [6.45, 7) is 9.58. The van der Waals surface area contributed by atoms with Crippen molar-refractivity contribution in [1.82, 2.24) is 0 Å². The number of ether oxygens (including phenoxy) is 2. The lowest BCUT2D eigenvalue weighted by Crippen LogP contribution is -2.60. The summed E-state index contributed by atoms with van der Waals surface area (Å²) in [6.07, 6.45) is -0.330. The van der Waals surface area contributed by atoms with Crippen LogP contribution < -0.4 is 0 Å². The monoisotopic (exact) mass is 448 g/mol. The second-order valence-electron chi connectivity index (χ2n) is 10.2. The number of carbonyl (C=O) groups excluding carboxylic acids is 4. The topological polar surface area (TPSA) is 127 Å². The van der Waals surface area contributed by atoms with Crippen LogP contribution in [0.15, 0.2) is 22.5 Å². The molecule has 0 heterocycles. The number of hydrogen-bond donors (Lipinski definition) is 2. The molecule has 0 aromatic rings. The minimum absolute atomic E-state index is 0.00146. The number of carbonyl (C=O) groups is 4. The number of fused-ring (bicyclic) bond motifs is 2. The van der Waals surface area contributed by atoms with Crippen molar-refractivity contribution in [2.24, 2.45) is 22.7 Å². The maximum absolute atomic E-state index is 13.5. The van der Waals surface area contributed by atoms with E-state index in [0.717, 1.165) is 12.8 Å². The van der Waals surface area contributed by atoms with Crippen LogP contribution in [-0.4, -0.2) is 52.5 Å². The Labute approximate surface area is 187 Å². The Hall–Kier alpha value is -2.48. The van der Waals surface area contributed by atoms with E-state index in [1.807, 2.05) is 20.8 Å². The summed E-state index contributed by atoms with van der Waals surface area (Å²) >= 11 is 0. The highest BCUT2D eigenvalue weighted by Gasteiger charge is 2.62. The molecule has 8 heteroatoms. The van der Waals surface area contributed by atoms with Gasteiger partial charge in [-0.05, 0) is 18.3 Å². The Morgan fingerprint density at radius 2 is 1.72 bits per heavy atom. The highest BCUT2D eigenvalue weighted by molar-refractivity contribution is 6.50. The molecule has 0 unspecified atom stereocenters. The second-order valence-corrected chi connectivity index (χ2v) is 10.2. The molecule has 1 saturated carbocycles. The molecule has 0 bridgehead atoms. The molecule has 1 fully saturated rings. The molecule has 0 spiro atoms. The van der Waals surface area contributed by atoms with Gasteiger partial charge in [0.05, 0.1) is 18.3 Å². The van der Waals surface area contributed by atoms with Crippen LogP contribution in [0.1, 0.15) is 60.8 Å². The zero-order valence-corrected chi connectivity index (χ0v) is 19.5. The van der Waals surface area contributed by atoms with Crippen molar-refractivity contribution < 1.29 is 38.9 Å². The van der Waals surface area contributed by atoms with Crippen LogP contribution in [0.2, 0.25) is 0 Å². The SMILES string of the molecule is CC(=O)OC[C@H](C)C1=C(O)C2=C(C(=O)C1=O)[C@@]1(C)CCCC(C)(C)[C@@H]1[C@H](O)[C@H]2OC(C)=O. The van der Waals surface area contributed by atoms with Crippen LogP contribution in [0.4, 0.5) is 0 Å². The Morgan fingerprint density at radius 3 is 2.28 bits per heavy atom. The molecule has 8 nitrogen and oxygen atoms in total. The number of rotatable bonds is 4. The van der Waals surface area contributed by atoms with Crippen molar-refractivity contribution in [3.63, 3.8) is 0 Å². The van der Waals surface area contributed by atoms with E-state index in [0.29, 0.717) is 6.42 Å². The molecule has 5 atom stereocenters. The largest absolute Gasteiger partial charge is 0.507 e. The van der Waals surface area contributed by atoms with Gasteiger partial charge in [-0.25, -0.2) is 0 Å². The molecule has 0 aliphatic heterocycles. The normalized spacial score (nSPS) is 32.8. The van der Waals surface area contributed by atoms with Gasteiger partial charge in [-0.2, -0.15) is 0 Å². The van der Waals surface area contributed by atoms with Crippen molar-refractivity contribution >= 4 is 23.5 Å². The average Bonchev–Trinajstić information content (AvgIpc) is 2.65. The molecular formula is C24H32O8. The van der Waals surface area contributed by atoms with Gasteiger partial charge < -0.3 is 19.7 Å². The molecule has 0 radical (unpaired) electrons.